The first-order valence-electron chi connectivity index (χ1n) is 9.48. The molecular weight excluding hydrogens is 324 g/mol. The maximum Gasteiger partial charge on any atom is 0.220 e. The van der Waals surface area contributed by atoms with E-state index in [0.29, 0.717) is 13.0 Å². The summed E-state index contributed by atoms with van der Waals surface area (Å²) in [5, 5.41) is 7.53. The first-order valence-corrected chi connectivity index (χ1v) is 9.48. The van der Waals surface area contributed by atoms with Gasteiger partial charge in [-0.2, -0.15) is 5.10 Å². The highest BCUT2D eigenvalue weighted by atomic mass is 16.1. The monoisotopic (exact) mass is 352 g/mol. The third-order valence-corrected chi connectivity index (χ3v) is 4.70. The molecule has 1 amide bonds. The fourth-order valence-corrected chi connectivity index (χ4v) is 3.33. The Morgan fingerprint density at radius 1 is 1.23 bits per heavy atom. The zero-order valence-electron chi connectivity index (χ0n) is 15.7. The molecule has 0 bridgehead atoms. The van der Waals surface area contributed by atoms with Crippen LogP contribution in [0.15, 0.2) is 42.5 Å². The van der Waals surface area contributed by atoms with Crippen LogP contribution in [0.5, 0.6) is 0 Å². The van der Waals surface area contributed by atoms with Crippen molar-refractivity contribution in [2.24, 2.45) is 0 Å². The quantitative estimate of drug-likeness (QED) is 0.832. The lowest BCUT2D eigenvalue weighted by Crippen LogP contribution is -2.34. The Bertz CT molecular complexity index is 764. The van der Waals surface area contributed by atoms with Gasteiger partial charge >= 0.3 is 0 Å². The summed E-state index contributed by atoms with van der Waals surface area (Å²) in [6.45, 7) is 8.28. The van der Waals surface area contributed by atoms with Gasteiger partial charge in [0.25, 0.3) is 0 Å². The molecule has 0 saturated heterocycles. The minimum atomic E-state index is 0.0646. The Morgan fingerprint density at radius 2 is 2.04 bits per heavy atom. The number of carbonyl (C=O) groups is 1. The van der Waals surface area contributed by atoms with Gasteiger partial charge in [0.15, 0.2) is 0 Å². The van der Waals surface area contributed by atoms with E-state index in [4.69, 9.17) is 0 Å². The standard InChI is InChI=1S/C21H28N4O/c1-3-8-18(17-9-6-5-7-10-17)15-24-11-12-25-20(16-24)13-19(23-25)14-22-21(26)4-2/h5-10,13H,3-4,11-12,14-16H2,1-2H3,(H,22,26). The molecule has 0 radical (unpaired) electrons. The van der Waals surface area contributed by atoms with Gasteiger partial charge in [-0.1, -0.05) is 50.3 Å². The van der Waals surface area contributed by atoms with Crippen molar-refractivity contribution >= 4 is 11.5 Å². The van der Waals surface area contributed by atoms with Gasteiger partial charge in [-0.25, -0.2) is 0 Å². The molecule has 2 aromatic rings. The lowest BCUT2D eigenvalue weighted by Gasteiger charge is -2.28. The number of carbonyl (C=O) groups excluding carboxylic acids is 1. The van der Waals surface area contributed by atoms with Gasteiger partial charge in [-0.15, -0.1) is 0 Å². The topological polar surface area (TPSA) is 50.2 Å². The van der Waals surface area contributed by atoms with E-state index >= 15 is 0 Å². The molecule has 0 fully saturated rings. The molecule has 1 aromatic heterocycles. The summed E-state index contributed by atoms with van der Waals surface area (Å²) in [6, 6.07) is 12.7. The molecule has 0 atom stereocenters. The predicted octanol–water partition coefficient (Wildman–Crippen LogP) is 3.22. The van der Waals surface area contributed by atoms with Gasteiger partial charge in [-0.3, -0.25) is 14.4 Å². The zero-order valence-corrected chi connectivity index (χ0v) is 15.7. The van der Waals surface area contributed by atoms with Crippen LogP contribution in [0.3, 0.4) is 0 Å². The Kier molecular flexibility index (Phi) is 6.23. The maximum absolute atomic E-state index is 11.4. The van der Waals surface area contributed by atoms with Crippen LogP contribution in [-0.4, -0.2) is 33.7 Å². The number of amides is 1. The van der Waals surface area contributed by atoms with E-state index in [1.807, 2.05) is 6.92 Å². The first kappa shape index (κ1) is 18.4. The molecule has 0 saturated carbocycles. The average Bonchev–Trinajstić information content (AvgIpc) is 3.08. The van der Waals surface area contributed by atoms with Gasteiger partial charge < -0.3 is 5.32 Å². The van der Waals surface area contributed by atoms with E-state index < -0.39 is 0 Å². The van der Waals surface area contributed by atoms with Crippen LogP contribution in [0, 0.1) is 0 Å². The highest BCUT2D eigenvalue weighted by molar-refractivity contribution is 5.75. The van der Waals surface area contributed by atoms with Gasteiger partial charge in [0.1, 0.15) is 0 Å². The Balaban J connectivity index is 1.65. The minimum absolute atomic E-state index is 0.0646. The van der Waals surface area contributed by atoms with Crippen molar-refractivity contribution in [2.75, 3.05) is 13.1 Å². The minimum Gasteiger partial charge on any atom is -0.350 e. The van der Waals surface area contributed by atoms with Crippen molar-refractivity contribution in [3.63, 3.8) is 0 Å². The van der Waals surface area contributed by atoms with E-state index in [0.717, 1.165) is 38.3 Å². The molecule has 0 spiro atoms. The van der Waals surface area contributed by atoms with Crippen molar-refractivity contribution in [3.8, 4) is 0 Å². The summed E-state index contributed by atoms with van der Waals surface area (Å²) in [5.41, 5.74) is 4.85. The van der Waals surface area contributed by atoms with Gasteiger partial charge in [0, 0.05) is 26.1 Å². The lowest BCUT2D eigenvalue weighted by atomic mass is 10.0. The van der Waals surface area contributed by atoms with Gasteiger partial charge in [-0.05, 0) is 23.6 Å². The van der Waals surface area contributed by atoms with Crippen LogP contribution in [0.25, 0.3) is 5.57 Å². The highest BCUT2D eigenvalue weighted by Gasteiger charge is 2.19. The van der Waals surface area contributed by atoms with E-state index in [-0.39, 0.29) is 5.91 Å². The summed E-state index contributed by atoms with van der Waals surface area (Å²) in [7, 11) is 0. The highest BCUT2D eigenvalue weighted by Crippen LogP contribution is 2.20. The third-order valence-electron chi connectivity index (χ3n) is 4.70. The van der Waals surface area contributed by atoms with E-state index in [9.17, 15) is 4.79 Å². The molecule has 1 aliphatic rings. The zero-order chi connectivity index (χ0) is 18.4. The molecular formula is C21H28N4O. The van der Waals surface area contributed by atoms with E-state index in [1.54, 1.807) is 0 Å². The maximum atomic E-state index is 11.4. The second kappa shape index (κ2) is 8.81. The van der Waals surface area contributed by atoms with Crippen molar-refractivity contribution < 1.29 is 4.79 Å². The number of benzene rings is 1. The van der Waals surface area contributed by atoms with Gasteiger partial charge in [0.05, 0.1) is 24.5 Å². The van der Waals surface area contributed by atoms with Crippen molar-refractivity contribution in [1.29, 1.82) is 0 Å². The molecule has 26 heavy (non-hydrogen) atoms. The number of hydrogen-bond acceptors (Lipinski definition) is 3. The summed E-state index contributed by atoms with van der Waals surface area (Å²) >= 11 is 0. The predicted molar refractivity (Wildman–Crippen MR) is 104 cm³/mol. The fraction of sp³-hybridized carbons (Fsp3) is 0.429. The molecule has 5 nitrogen and oxygen atoms in total. The SMILES string of the molecule is CCC=C(CN1CCn2nc(CNC(=O)CC)cc2C1)c1ccccc1. The summed E-state index contributed by atoms with van der Waals surface area (Å²) in [4.78, 5) is 13.9. The van der Waals surface area contributed by atoms with E-state index in [2.05, 4.69) is 69.4 Å². The average molecular weight is 352 g/mol. The Hall–Kier alpha value is -2.40. The first-order chi connectivity index (χ1) is 12.7. The number of nitrogens with one attached hydrogen (secondary N) is 1. The van der Waals surface area contributed by atoms with Crippen LogP contribution in [0.1, 0.15) is 43.6 Å². The van der Waals surface area contributed by atoms with Crippen molar-refractivity contribution in [1.82, 2.24) is 20.0 Å². The number of aromatic nitrogens is 2. The Morgan fingerprint density at radius 3 is 2.77 bits per heavy atom. The normalized spacial score (nSPS) is 14.9. The summed E-state index contributed by atoms with van der Waals surface area (Å²) in [6.07, 6.45) is 3.87. The number of allylic oxidation sites excluding steroid dienone is 1. The molecule has 2 heterocycles. The number of fused-ring (bicyclic) bond motifs is 1. The van der Waals surface area contributed by atoms with Crippen LogP contribution in [0.4, 0.5) is 0 Å². The van der Waals surface area contributed by atoms with Crippen molar-refractivity contribution in [2.45, 2.75) is 46.3 Å². The van der Waals surface area contributed by atoms with Gasteiger partial charge in [0.2, 0.25) is 5.91 Å². The molecule has 1 aliphatic heterocycles. The molecule has 1 aromatic carbocycles. The van der Waals surface area contributed by atoms with Crippen LogP contribution in [-0.2, 0) is 24.4 Å². The van der Waals surface area contributed by atoms with Crippen LogP contribution < -0.4 is 5.32 Å². The molecule has 138 valence electrons. The molecule has 0 unspecified atom stereocenters. The fourth-order valence-electron chi connectivity index (χ4n) is 3.33. The van der Waals surface area contributed by atoms with Crippen LogP contribution >= 0.6 is 0 Å². The smallest absolute Gasteiger partial charge is 0.220 e. The molecule has 1 N–H and O–H groups in total. The number of nitrogens with zero attached hydrogens (tertiary/aromatic N) is 3. The van der Waals surface area contributed by atoms with Crippen molar-refractivity contribution in [3.05, 3.63) is 59.4 Å². The number of hydrogen-bond donors (Lipinski definition) is 1. The largest absolute Gasteiger partial charge is 0.350 e. The summed E-state index contributed by atoms with van der Waals surface area (Å²) in [5.74, 6) is 0.0646. The molecule has 3 rings (SSSR count). The van der Waals surface area contributed by atoms with E-state index in [1.165, 1.54) is 16.8 Å². The number of rotatable bonds is 7. The summed E-state index contributed by atoms with van der Waals surface area (Å²) < 4.78 is 2.08. The second-order valence-corrected chi connectivity index (χ2v) is 6.69. The molecule has 0 aliphatic carbocycles. The van der Waals surface area contributed by atoms with Crippen LogP contribution in [0.2, 0.25) is 0 Å². The Labute approximate surface area is 155 Å². The third kappa shape index (κ3) is 4.61. The molecule has 5 heteroatoms. The second-order valence-electron chi connectivity index (χ2n) is 6.69. The lowest BCUT2D eigenvalue weighted by molar-refractivity contribution is -0.120.